The predicted octanol–water partition coefficient (Wildman–Crippen LogP) is 3.36. The van der Waals surface area contributed by atoms with E-state index in [1.807, 2.05) is 0 Å². The molecule has 0 aromatic rings. The first-order valence-electron chi connectivity index (χ1n) is 8.13. The van der Waals surface area contributed by atoms with Crippen molar-refractivity contribution in [1.82, 2.24) is 5.32 Å². The fourth-order valence-electron chi connectivity index (χ4n) is 4.33. The Kier molecular flexibility index (Phi) is 3.95. The molecule has 18 heavy (non-hydrogen) atoms. The zero-order chi connectivity index (χ0) is 12.4. The Hall–Kier alpha value is -0.0800. The fourth-order valence-corrected chi connectivity index (χ4v) is 4.33. The first kappa shape index (κ1) is 12.9. The van der Waals surface area contributed by atoms with Gasteiger partial charge in [-0.1, -0.05) is 13.3 Å². The lowest BCUT2D eigenvalue weighted by Gasteiger charge is -2.38. The molecule has 3 fully saturated rings. The van der Waals surface area contributed by atoms with Crippen molar-refractivity contribution in [2.75, 3.05) is 19.8 Å². The summed E-state index contributed by atoms with van der Waals surface area (Å²) in [6.07, 6.45) is 11.3. The quantitative estimate of drug-likeness (QED) is 0.668. The summed E-state index contributed by atoms with van der Waals surface area (Å²) in [6, 6.07) is 0.859. The van der Waals surface area contributed by atoms with Crippen LogP contribution in [0, 0.1) is 17.3 Å². The molecule has 0 aromatic carbocycles. The molecular weight excluding hydrogens is 222 g/mol. The zero-order valence-electron chi connectivity index (χ0n) is 11.9. The number of nitrogens with one attached hydrogen (secondary N) is 1. The van der Waals surface area contributed by atoms with E-state index in [9.17, 15) is 0 Å². The van der Waals surface area contributed by atoms with Crippen LogP contribution in [-0.4, -0.2) is 25.8 Å². The molecule has 0 amide bonds. The smallest absolute Gasteiger partial charge is 0.0471 e. The van der Waals surface area contributed by atoms with Crippen molar-refractivity contribution in [3.63, 3.8) is 0 Å². The average Bonchev–Trinajstić information content (AvgIpc) is 3.01. The van der Waals surface area contributed by atoms with Gasteiger partial charge in [0.15, 0.2) is 0 Å². The van der Waals surface area contributed by atoms with E-state index in [2.05, 4.69) is 12.2 Å². The molecular formula is C16H29NO. The lowest BCUT2D eigenvalue weighted by Crippen LogP contribution is -2.40. The van der Waals surface area contributed by atoms with Gasteiger partial charge in [0.2, 0.25) is 0 Å². The standard InChI is InChI=1S/C16H29NO/c1-2-8-18-9-7-16(12-17-15-5-6-15)11-13-3-4-14(16)10-13/h13-15,17H,2-12H2,1H3. The highest BCUT2D eigenvalue weighted by molar-refractivity contribution is 5.02. The van der Waals surface area contributed by atoms with E-state index in [-0.39, 0.29) is 0 Å². The second-order valence-electron chi connectivity index (χ2n) is 6.96. The van der Waals surface area contributed by atoms with Crippen LogP contribution in [0.3, 0.4) is 0 Å². The summed E-state index contributed by atoms with van der Waals surface area (Å²) in [5.41, 5.74) is 0.596. The number of ether oxygens (including phenoxy) is 1. The Morgan fingerprint density at radius 3 is 2.67 bits per heavy atom. The van der Waals surface area contributed by atoms with Crippen molar-refractivity contribution < 1.29 is 4.74 Å². The summed E-state index contributed by atoms with van der Waals surface area (Å²) in [7, 11) is 0. The minimum absolute atomic E-state index is 0.596. The highest BCUT2D eigenvalue weighted by Gasteiger charge is 2.50. The van der Waals surface area contributed by atoms with Gasteiger partial charge in [0.1, 0.15) is 0 Å². The van der Waals surface area contributed by atoms with Gasteiger partial charge in [-0.15, -0.1) is 0 Å². The minimum atomic E-state index is 0.596. The predicted molar refractivity (Wildman–Crippen MR) is 74.6 cm³/mol. The van der Waals surface area contributed by atoms with Crippen molar-refractivity contribution >= 4 is 0 Å². The maximum absolute atomic E-state index is 5.77. The Bertz CT molecular complexity index is 276. The van der Waals surface area contributed by atoms with E-state index in [1.54, 1.807) is 0 Å². The highest BCUT2D eigenvalue weighted by atomic mass is 16.5. The molecule has 3 rings (SSSR count). The molecule has 3 unspecified atom stereocenters. The molecule has 0 saturated heterocycles. The second kappa shape index (κ2) is 5.50. The van der Waals surface area contributed by atoms with Gasteiger partial charge in [-0.05, 0) is 62.2 Å². The van der Waals surface area contributed by atoms with Crippen molar-refractivity contribution in [3.8, 4) is 0 Å². The van der Waals surface area contributed by atoms with Gasteiger partial charge in [0.25, 0.3) is 0 Å². The molecule has 3 aliphatic rings. The van der Waals surface area contributed by atoms with Crippen LogP contribution in [-0.2, 0) is 4.74 Å². The van der Waals surface area contributed by atoms with E-state index in [0.717, 1.165) is 37.5 Å². The summed E-state index contributed by atoms with van der Waals surface area (Å²) in [5, 5.41) is 3.81. The van der Waals surface area contributed by atoms with Crippen LogP contribution in [0.15, 0.2) is 0 Å². The largest absolute Gasteiger partial charge is 0.381 e. The number of fused-ring (bicyclic) bond motifs is 2. The van der Waals surface area contributed by atoms with Gasteiger partial charge in [-0.25, -0.2) is 0 Å². The molecule has 0 spiro atoms. The third kappa shape index (κ3) is 2.75. The summed E-state index contributed by atoms with van der Waals surface area (Å²) in [5.74, 6) is 2.04. The monoisotopic (exact) mass is 251 g/mol. The van der Waals surface area contributed by atoms with Crippen LogP contribution in [0.25, 0.3) is 0 Å². The molecule has 3 saturated carbocycles. The Balaban J connectivity index is 1.53. The summed E-state index contributed by atoms with van der Waals surface area (Å²) in [6.45, 7) is 5.40. The molecule has 0 radical (unpaired) electrons. The first-order valence-corrected chi connectivity index (χ1v) is 8.13. The minimum Gasteiger partial charge on any atom is -0.381 e. The molecule has 1 N–H and O–H groups in total. The molecule has 2 bridgehead atoms. The maximum atomic E-state index is 5.77. The molecule has 0 aliphatic heterocycles. The number of hydrogen-bond donors (Lipinski definition) is 1. The van der Waals surface area contributed by atoms with E-state index in [4.69, 9.17) is 4.74 Å². The lowest BCUT2D eigenvalue weighted by molar-refractivity contribution is 0.0628. The van der Waals surface area contributed by atoms with Crippen LogP contribution in [0.4, 0.5) is 0 Å². The third-order valence-electron chi connectivity index (χ3n) is 5.52. The Morgan fingerprint density at radius 1 is 1.17 bits per heavy atom. The number of hydrogen-bond acceptors (Lipinski definition) is 2. The van der Waals surface area contributed by atoms with Crippen LogP contribution < -0.4 is 5.32 Å². The molecule has 3 atom stereocenters. The number of rotatable bonds is 8. The van der Waals surface area contributed by atoms with Crippen LogP contribution in [0.5, 0.6) is 0 Å². The topological polar surface area (TPSA) is 21.3 Å². The molecule has 3 aliphatic carbocycles. The average molecular weight is 251 g/mol. The summed E-state index contributed by atoms with van der Waals surface area (Å²) >= 11 is 0. The molecule has 0 heterocycles. The van der Waals surface area contributed by atoms with Gasteiger partial charge < -0.3 is 10.1 Å². The normalized spacial score (nSPS) is 38.5. The van der Waals surface area contributed by atoms with Crippen LogP contribution in [0.1, 0.15) is 58.3 Å². The van der Waals surface area contributed by atoms with Crippen molar-refractivity contribution in [1.29, 1.82) is 0 Å². The van der Waals surface area contributed by atoms with Crippen molar-refractivity contribution in [2.45, 2.75) is 64.3 Å². The van der Waals surface area contributed by atoms with Gasteiger partial charge in [-0.2, -0.15) is 0 Å². The van der Waals surface area contributed by atoms with E-state index < -0.39 is 0 Å². The van der Waals surface area contributed by atoms with Crippen LogP contribution >= 0.6 is 0 Å². The molecule has 0 aromatic heterocycles. The van der Waals surface area contributed by atoms with Gasteiger partial charge in [0.05, 0.1) is 0 Å². The molecule has 104 valence electrons. The van der Waals surface area contributed by atoms with Gasteiger partial charge in [0, 0.05) is 25.8 Å². The van der Waals surface area contributed by atoms with E-state index in [1.165, 1.54) is 51.5 Å². The zero-order valence-corrected chi connectivity index (χ0v) is 11.9. The van der Waals surface area contributed by atoms with Crippen LogP contribution in [0.2, 0.25) is 0 Å². The lowest BCUT2D eigenvalue weighted by atomic mass is 9.71. The SMILES string of the molecule is CCCOCCC1(CNC2CC2)CC2CCC1C2. The summed E-state index contributed by atoms with van der Waals surface area (Å²) in [4.78, 5) is 0. The third-order valence-corrected chi connectivity index (χ3v) is 5.52. The Labute approximate surface area is 112 Å². The second-order valence-corrected chi connectivity index (χ2v) is 6.96. The van der Waals surface area contributed by atoms with Crippen molar-refractivity contribution in [3.05, 3.63) is 0 Å². The van der Waals surface area contributed by atoms with E-state index >= 15 is 0 Å². The summed E-state index contributed by atoms with van der Waals surface area (Å²) < 4.78 is 5.77. The Morgan fingerprint density at radius 2 is 2.06 bits per heavy atom. The van der Waals surface area contributed by atoms with Gasteiger partial charge in [-0.3, -0.25) is 0 Å². The highest BCUT2D eigenvalue weighted by Crippen LogP contribution is 2.57. The molecule has 2 heteroatoms. The van der Waals surface area contributed by atoms with Gasteiger partial charge >= 0.3 is 0 Å². The maximum Gasteiger partial charge on any atom is 0.0471 e. The van der Waals surface area contributed by atoms with E-state index in [0.29, 0.717) is 5.41 Å². The van der Waals surface area contributed by atoms with Crippen molar-refractivity contribution in [2.24, 2.45) is 17.3 Å². The fraction of sp³-hybridized carbons (Fsp3) is 1.00. The first-order chi connectivity index (χ1) is 8.82. The molecule has 2 nitrogen and oxygen atoms in total.